The van der Waals surface area contributed by atoms with Gasteiger partial charge in [-0.15, -0.1) is 0 Å². The van der Waals surface area contributed by atoms with Gasteiger partial charge in [0, 0.05) is 0 Å². The first-order valence-electron chi connectivity index (χ1n) is 2.63. The van der Waals surface area contributed by atoms with Crippen LogP contribution in [0, 0.1) is 0 Å². The summed E-state index contributed by atoms with van der Waals surface area (Å²) in [5, 5.41) is 2.73. The highest BCUT2D eigenvalue weighted by molar-refractivity contribution is 7.14. The van der Waals surface area contributed by atoms with Crippen LogP contribution in [0.15, 0.2) is 0 Å². The molecule has 9 heavy (non-hydrogen) atoms. The first kappa shape index (κ1) is 9.35. The maximum atomic E-state index is 10.7. The normalized spacial score (nSPS) is 12.7. The topological polar surface area (TPSA) is 38.3 Å². The maximum absolute atomic E-state index is 10.7. The van der Waals surface area contributed by atoms with Gasteiger partial charge in [0.15, 0.2) is 0 Å². The van der Waals surface area contributed by atoms with Crippen molar-refractivity contribution in [3.63, 3.8) is 0 Å². The molecule has 3 unspecified atom stereocenters. The van der Waals surface area contributed by atoms with Gasteiger partial charge in [-0.05, 0) is 0 Å². The summed E-state index contributed by atoms with van der Waals surface area (Å²) < 4.78 is 4.40. The third kappa shape index (κ3) is 3.15. The van der Waals surface area contributed by atoms with Crippen molar-refractivity contribution in [2.75, 3.05) is 0 Å². The van der Waals surface area contributed by atoms with E-state index in [2.05, 4.69) is 19.0 Å². The molecule has 6 heteroatoms. The Morgan fingerprint density at radius 3 is 2.56 bits per heavy atom. The first-order valence-corrected chi connectivity index (χ1v) is 3.67. The molecule has 0 saturated heterocycles. The minimum atomic E-state index is -0.252. The van der Waals surface area contributed by atoms with Gasteiger partial charge in [0.05, 0.1) is 9.47 Å². The van der Waals surface area contributed by atoms with E-state index in [0.717, 1.165) is 6.32 Å². The smallest absolute Gasteiger partial charge is 0.324 e. The van der Waals surface area contributed by atoms with Gasteiger partial charge in [-0.25, -0.2) is 0 Å². The summed E-state index contributed by atoms with van der Waals surface area (Å²) in [5.74, 6) is -0.252. The molecule has 0 aromatic carbocycles. The van der Waals surface area contributed by atoms with Crippen LogP contribution in [0.2, 0.25) is 6.32 Å². The van der Waals surface area contributed by atoms with Gasteiger partial charge in [-0.3, -0.25) is 9.88 Å². The first-order chi connectivity index (χ1) is 4.26. The largest absolute Gasteiger partial charge is 0.450 e. The Morgan fingerprint density at radius 2 is 2.44 bits per heavy atom. The van der Waals surface area contributed by atoms with E-state index in [0.29, 0.717) is 0 Å². The predicted octanol–water partition coefficient (Wildman–Crippen LogP) is -0.881. The molecular formula is C3H10BNO2P2. The lowest BCUT2D eigenvalue weighted by molar-refractivity contribution is -0.134. The zero-order valence-electron chi connectivity index (χ0n) is 5.26. The molecule has 0 radical (unpaired) electrons. The summed E-state index contributed by atoms with van der Waals surface area (Å²) in [5.41, 5.74) is 0. The highest BCUT2D eigenvalue weighted by atomic mass is 31.0. The summed E-state index contributed by atoms with van der Waals surface area (Å²) in [6, 6.07) is -0.201. The van der Waals surface area contributed by atoms with Crippen LogP contribution in [0.4, 0.5) is 0 Å². The summed E-state index contributed by atoms with van der Waals surface area (Å²) in [7, 11) is 6.11. The van der Waals surface area contributed by atoms with Crippen LogP contribution >= 0.6 is 18.9 Å². The van der Waals surface area contributed by atoms with Gasteiger partial charge >= 0.3 is 5.97 Å². The fourth-order valence-corrected chi connectivity index (χ4v) is 0.971. The molecule has 3 nitrogen and oxygen atoms in total. The molecule has 0 fully saturated rings. The molecule has 0 aromatic heterocycles. The van der Waals surface area contributed by atoms with Crippen LogP contribution in [0.1, 0.15) is 0 Å². The van der Waals surface area contributed by atoms with E-state index in [1.54, 1.807) is 0 Å². The quantitative estimate of drug-likeness (QED) is 0.435. The third-order valence-corrected chi connectivity index (χ3v) is 1.64. The van der Waals surface area contributed by atoms with Crippen LogP contribution in [-0.4, -0.2) is 19.9 Å². The lowest BCUT2D eigenvalue weighted by atomic mass is 9.98. The van der Waals surface area contributed by atoms with Gasteiger partial charge in [-0.2, -0.15) is 0 Å². The van der Waals surface area contributed by atoms with Gasteiger partial charge < -0.3 is 4.52 Å². The number of hydrogen-bond acceptors (Lipinski definition) is 3. The second-order valence-corrected chi connectivity index (χ2v) is 2.13. The van der Waals surface area contributed by atoms with Crippen molar-refractivity contribution >= 4 is 32.7 Å². The second kappa shape index (κ2) is 5.16. The SMILES string of the molecule is BCC(NP)C(=O)OP. The zero-order valence-corrected chi connectivity index (χ0v) is 7.57. The summed E-state index contributed by atoms with van der Waals surface area (Å²) in [4.78, 5) is 10.7. The molecule has 52 valence electrons. The highest BCUT2D eigenvalue weighted by Gasteiger charge is 2.12. The number of rotatable bonds is 3. The van der Waals surface area contributed by atoms with Crippen molar-refractivity contribution < 1.29 is 9.32 Å². The standard InChI is InChI=1S/C3H10BNO2P2/c4-1-2(5-8)3(6)7-9/h2,5H,1,4,8-9H2. The Labute approximate surface area is 60.2 Å². The summed E-state index contributed by atoms with van der Waals surface area (Å²) >= 11 is 0. The van der Waals surface area contributed by atoms with Crippen LogP contribution in [0.3, 0.4) is 0 Å². The molecule has 0 amide bonds. The zero-order chi connectivity index (χ0) is 7.28. The van der Waals surface area contributed by atoms with Crippen molar-refractivity contribution in [2.24, 2.45) is 0 Å². The van der Waals surface area contributed by atoms with E-state index < -0.39 is 0 Å². The highest BCUT2D eigenvalue weighted by Crippen LogP contribution is 1.98. The number of carbonyl (C=O) groups excluding carboxylic acids is 1. The van der Waals surface area contributed by atoms with Gasteiger partial charge in [0.25, 0.3) is 0 Å². The maximum Gasteiger partial charge on any atom is 0.324 e. The molecule has 0 aliphatic rings. The molecule has 0 aromatic rings. The molecule has 0 aliphatic heterocycles. The average molecular weight is 165 g/mol. The molecule has 0 saturated carbocycles. The van der Waals surface area contributed by atoms with Gasteiger partial charge in [0.1, 0.15) is 13.9 Å². The van der Waals surface area contributed by atoms with E-state index in [9.17, 15) is 4.79 Å². The van der Waals surface area contributed by atoms with E-state index in [1.165, 1.54) is 0 Å². The van der Waals surface area contributed by atoms with Crippen LogP contribution in [-0.2, 0) is 9.32 Å². The van der Waals surface area contributed by atoms with Crippen molar-refractivity contribution in [3.05, 3.63) is 0 Å². The molecule has 0 bridgehead atoms. The average Bonchev–Trinajstić information content (AvgIpc) is 1.90. The molecule has 0 spiro atoms. The van der Waals surface area contributed by atoms with E-state index >= 15 is 0 Å². The Hall–Kier alpha value is 0.355. The Morgan fingerprint density at radius 1 is 1.89 bits per heavy atom. The Kier molecular flexibility index (Phi) is 5.37. The summed E-state index contributed by atoms with van der Waals surface area (Å²) in [6.45, 7) is 0. The van der Waals surface area contributed by atoms with Crippen molar-refractivity contribution in [1.29, 1.82) is 0 Å². The van der Waals surface area contributed by atoms with Crippen LogP contribution in [0.5, 0.6) is 0 Å². The molecular weight excluding hydrogens is 155 g/mol. The minimum absolute atomic E-state index is 0.201. The Balaban J connectivity index is 3.64. The van der Waals surface area contributed by atoms with E-state index in [-0.39, 0.29) is 12.0 Å². The fourth-order valence-electron chi connectivity index (χ4n) is 0.435. The monoisotopic (exact) mass is 165 g/mol. The predicted molar refractivity (Wildman–Crippen MR) is 45.8 cm³/mol. The number of carbonyl (C=O) groups is 1. The molecule has 0 heterocycles. The van der Waals surface area contributed by atoms with Crippen LogP contribution in [0.25, 0.3) is 0 Å². The summed E-state index contributed by atoms with van der Waals surface area (Å²) in [6.07, 6.45) is 0.733. The molecule has 0 aliphatic carbocycles. The third-order valence-electron chi connectivity index (χ3n) is 1.01. The van der Waals surface area contributed by atoms with E-state index in [4.69, 9.17) is 0 Å². The number of hydrogen-bond donors (Lipinski definition) is 1. The number of nitrogens with one attached hydrogen (secondary N) is 1. The molecule has 1 N–H and O–H groups in total. The lowest BCUT2D eigenvalue weighted by Gasteiger charge is -2.08. The van der Waals surface area contributed by atoms with Gasteiger partial charge in [0.2, 0.25) is 0 Å². The van der Waals surface area contributed by atoms with Gasteiger partial charge in [-0.1, -0.05) is 15.7 Å². The van der Waals surface area contributed by atoms with Crippen molar-refractivity contribution in [3.8, 4) is 0 Å². The minimum Gasteiger partial charge on any atom is -0.450 e. The van der Waals surface area contributed by atoms with Crippen LogP contribution < -0.4 is 5.09 Å². The molecule has 0 rings (SSSR count). The van der Waals surface area contributed by atoms with Crippen molar-refractivity contribution in [1.82, 2.24) is 5.09 Å². The molecule has 3 atom stereocenters. The second-order valence-electron chi connectivity index (χ2n) is 1.56. The van der Waals surface area contributed by atoms with E-state index in [1.807, 2.05) is 17.3 Å². The Bertz CT molecular complexity index is 97.8. The lowest BCUT2D eigenvalue weighted by Crippen LogP contribution is -2.29. The fraction of sp³-hybridized carbons (Fsp3) is 0.667. The van der Waals surface area contributed by atoms with Crippen molar-refractivity contribution in [2.45, 2.75) is 12.4 Å².